The third-order valence-corrected chi connectivity index (χ3v) is 4.29. The Morgan fingerprint density at radius 3 is 2.32 bits per heavy atom. The quantitative estimate of drug-likeness (QED) is 0.767. The Morgan fingerprint density at radius 1 is 1.16 bits per heavy atom. The molecular formula is C17H28N2. The summed E-state index contributed by atoms with van der Waals surface area (Å²) in [6, 6.07) is 8.99. The zero-order valence-electron chi connectivity index (χ0n) is 12.7. The predicted octanol–water partition coefficient (Wildman–Crippen LogP) is 3.67. The Morgan fingerprint density at radius 2 is 1.79 bits per heavy atom. The number of rotatable bonds is 8. The average molecular weight is 260 g/mol. The molecule has 1 atom stereocenters. The summed E-state index contributed by atoms with van der Waals surface area (Å²) in [5, 5.41) is 3.59. The molecule has 1 aromatic rings. The molecule has 0 amide bonds. The van der Waals surface area contributed by atoms with Gasteiger partial charge in [0.05, 0.1) is 0 Å². The van der Waals surface area contributed by atoms with Crippen molar-refractivity contribution in [2.45, 2.75) is 40.2 Å². The molecule has 0 saturated heterocycles. The Labute approximate surface area is 118 Å². The molecule has 2 heteroatoms. The second-order valence-electron chi connectivity index (χ2n) is 5.78. The van der Waals surface area contributed by atoms with Crippen LogP contribution in [-0.2, 0) is 6.54 Å². The normalized spacial score (nSPS) is 16.4. The van der Waals surface area contributed by atoms with Crippen molar-refractivity contribution in [3.63, 3.8) is 0 Å². The van der Waals surface area contributed by atoms with Crippen molar-refractivity contribution in [3.8, 4) is 0 Å². The first kappa shape index (κ1) is 14.4. The molecule has 0 aromatic heterocycles. The van der Waals surface area contributed by atoms with E-state index in [2.05, 4.69) is 55.3 Å². The van der Waals surface area contributed by atoms with Crippen LogP contribution >= 0.6 is 0 Å². The van der Waals surface area contributed by atoms with Crippen LogP contribution in [0.5, 0.6) is 0 Å². The SMILES string of the molecule is CCN(CC)c1ccc(CNCC(C)C2CC2)cc1. The molecule has 0 spiro atoms. The summed E-state index contributed by atoms with van der Waals surface area (Å²) < 4.78 is 0. The number of hydrogen-bond donors (Lipinski definition) is 1. The molecule has 106 valence electrons. The van der Waals surface area contributed by atoms with E-state index in [1.54, 1.807) is 0 Å². The summed E-state index contributed by atoms with van der Waals surface area (Å²) >= 11 is 0. The molecule has 1 aliphatic carbocycles. The summed E-state index contributed by atoms with van der Waals surface area (Å²) in [4.78, 5) is 2.38. The van der Waals surface area contributed by atoms with Crippen molar-refractivity contribution < 1.29 is 0 Å². The van der Waals surface area contributed by atoms with Gasteiger partial charge in [0, 0.05) is 25.3 Å². The largest absolute Gasteiger partial charge is 0.372 e. The molecule has 0 bridgehead atoms. The van der Waals surface area contributed by atoms with E-state index in [1.807, 2.05) is 0 Å². The molecular weight excluding hydrogens is 232 g/mol. The summed E-state index contributed by atoms with van der Waals surface area (Å²) in [6.45, 7) is 11.1. The van der Waals surface area contributed by atoms with Crippen LogP contribution in [0.25, 0.3) is 0 Å². The topological polar surface area (TPSA) is 15.3 Å². The van der Waals surface area contributed by atoms with Crippen LogP contribution < -0.4 is 10.2 Å². The van der Waals surface area contributed by atoms with Gasteiger partial charge in [0.25, 0.3) is 0 Å². The van der Waals surface area contributed by atoms with E-state index in [4.69, 9.17) is 0 Å². The van der Waals surface area contributed by atoms with Crippen molar-refractivity contribution in [3.05, 3.63) is 29.8 Å². The zero-order chi connectivity index (χ0) is 13.7. The lowest BCUT2D eigenvalue weighted by Crippen LogP contribution is -2.23. The summed E-state index contributed by atoms with van der Waals surface area (Å²) in [5.74, 6) is 1.84. The molecule has 2 nitrogen and oxygen atoms in total. The molecule has 0 heterocycles. The third-order valence-electron chi connectivity index (χ3n) is 4.29. The summed E-state index contributed by atoms with van der Waals surface area (Å²) in [7, 11) is 0. The van der Waals surface area contributed by atoms with E-state index in [0.717, 1.165) is 38.0 Å². The van der Waals surface area contributed by atoms with E-state index in [-0.39, 0.29) is 0 Å². The molecule has 1 aromatic carbocycles. The van der Waals surface area contributed by atoms with Crippen LogP contribution in [0.3, 0.4) is 0 Å². The number of hydrogen-bond acceptors (Lipinski definition) is 2. The molecule has 19 heavy (non-hydrogen) atoms. The zero-order valence-corrected chi connectivity index (χ0v) is 12.7. The first-order valence-electron chi connectivity index (χ1n) is 7.79. The molecule has 1 saturated carbocycles. The van der Waals surface area contributed by atoms with Crippen LogP contribution in [0.15, 0.2) is 24.3 Å². The van der Waals surface area contributed by atoms with Crippen LogP contribution in [0.2, 0.25) is 0 Å². The van der Waals surface area contributed by atoms with Crippen molar-refractivity contribution in [1.82, 2.24) is 5.32 Å². The minimum absolute atomic E-state index is 0.843. The second kappa shape index (κ2) is 6.95. The van der Waals surface area contributed by atoms with Gasteiger partial charge < -0.3 is 10.2 Å². The van der Waals surface area contributed by atoms with Gasteiger partial charge in [-0.25, -0.2) is 0 Å². The first-order chi connectivity index (χ1) is 9.24. The predicted molar refractivity (Wildman–Crippen MR) is 83.6 cm³/mol. The monoisotopic (exact) mass is 260 g/mol. The maximum Gasteiger partial charge on any atom is 0.0366 e. The molecule has 2 rings (SSSR count). The van der Waals surface area contributed by atoms with Gasteiger partial charge in [-0.3, -0.25) is 0 Å². The van der Waals surface area contributed by atoms with E-state index in [9.17, 15) is 0 Å². The van der Waals surface area contributed by atoms with Crippen LogP contribution in [0.1, 0.15) is 39.2 Å². The maximum absolute atomic E-state index is 3.59. The highest BCUT2D eigenvalue weighted by Crippen LogP contribution is 2.36. The summed E-state index contributed by atoms with van der Waals surface area (Å²) in [6.07, 6.45) is 2.89. The maximum atomic E-state index is 3.59. The molecule has 1 unspecified atom stereocenters. The van der Waals surface area contributed by atoms with Crippen molar-refractivity contribution in [2.24, 2.45) is 11.8 Å². The lowest BCUT2D eigenvalue weighted by Gasteiger charge is -2.21. The van der Waals surface area contributed by atoms with E-state index in [0.29, 0.717) is 0 Å². The van der Waals surface area contributed by atoms with Crippen LogP contribution in [-0.4, -0.2) is 19.6 Å². The lowest BCUT2D eigenvalue weighted by molar-refractivity contribution is 0.461. The highest BCUT2D eigenvalue weighted by Gasteiger charge is 2.27. The van der Waals surface area contributed by atoms with Gasteiger partial charge in [-0.2, -0.15) is 0 Å². The lowest BCUT2D eigenvalue weighted by atomic mass is 10.1. The highest BCUT2D eigenvalue weighted by molar-refractivity contribution is 5.47. The Kier molecular flexibility index (Phi) is 5.26. The van der Waals surface area contributed by atoms with Gasteiger partial charge in [0.15, 0.2) is 0 Å². The number of benzene rings is 1. The third kappa shape index (κ3) is 4.24. The highest BCUT2D eigenvalue weighted by atomic mass is 15.1. The van der Waals surface area contributed by atoms with Gasteiger partial charge in [-0.1, -0.05) is 19.1 Å². The van der Waals surface area contributed by atoms with Crippen LogP contribution in [0.4, 0.5) is 5.69 Å². The molecule has 0 aliphatic heterocycles. The summed E-state index contributed by atoms with van der Waals surface area (Å²) in [5.41, 5.74) is 2.72. The van der Waals surface area contributed by atoms with Gasteiger partial charge in [-0.05, 0) is 62.8 Å². The minimum atomic E-state index is 0.843. The van der Waals surface area contributed by atoms with Gasteiger partial charge in [0.2, 0.25) is 0 Å². The fourth-order valence-corrected chi connectivity index (χ4v) is 2.69. The van der Waals surface area contributed by atoms with Gasteiger partial charge >= 0.3 is 0 Å². The molecule has 1 N–H and O–H groups in total. The smallest absolute Gasteiger partial charge is 0.0366 e. The van der Waals surface area contributed by atoms with Crippen LogP contribution in [0, 0.1) is 11.8 Å². The number of anilines is 1. The van der Waals surface area contributed by atoms with Gasteiger partial charge in [-0.15, -0.1) is 0 Å². The number of nitrogens with zero attached hydrogens (tertiary/aromatic N) is 1. The van der Waals surface area contributed by atoms with E-state index in [1.165, 1.54) is 24.1 Å². The van der Waals surface area contributed by atoms with E-state index < -0.39 is 0 Å². The molecule has 1 fully saturated rings. The number of nitrogens with one attached hydrogen (secondary N) is 1. The van der Waals surface area contributed by atoms with Crippen molar-refractivity contribution in [1.29, 1.82) is 0 Å². The fourth-order valence-electron chi connectivity index (χ4n) is 2.69. The molecule has 1 aliphatic rings. The van der Waals surface area contributed by atoms with Crippen molar-refractivity contribution in [2.75, 3.05) is 24.5 Å². The Hall–Kier alpha value is -1.02. The Bertz CT molecular complexity index is 363. The fraction of sp³-hybridized carbons (Fsp3) is 0.647. The minimum Gasteiger partial charge on any atom is -0.372 e. The first-order valence-corrected chi connectivity index (χ1v) is 7.79. The second-order valence-corrected chi connectivity index (χ2v) is 5.78. The Balaban J connectivity index is 1.77. The standard InChI is InChI=1S/C17H28N2/c1-4-19(5-2)17-10-6-15(7-11-17)13-18-12-14(3)16-8-9-16/h6-7,10-11,14,16,18H,4-5,8-9,12-13H2,1-3H3. The van der Waals surface area contributed by atoms with E-state index >= 15 is 0 Å². The van der Waals surface area contributed by atoms with Crippen molar-refractivity contribution >= 4 is 5.69 Å². The van der Waals surface area contributed by atoms with Gasteiger partial charge in [0.1, 0.15) is 0 Å². The molecule has 0 radical (unpaired) electrons. The average Bonchev–Trinajstić information content (AvgIpc) is 3.26.